The maximum Gasteiger partial charge on any atom is 0.261 e. The first-order valence-electron chi connectivity index (χ1n) is 6.79. The van der Waals surface area contributed by atoms with Crippen LogP contribution in [0.15, 0.2) is 29.1 Å². The van der Waals surface area contributed by atoms with E-state index in [1.807, 2.05) is 0 Å². The summed E-state index contributed by atoms with van der Waals surface area (Å²) in [5.74, 6) is 0.693. The topological polar surface area (TPSA) is 69.0 Å². The number of halogens is 1. The molecule has 2 aromatic rings. The number of hydrogen-bond acceptors (Lipinski definition) is 4. The van der Waals surface area contributed by atoms with Gasteiger partial charge in [-0.2, -0.15) is 0 Å². The number of fused-ring (bicyclic) bond motifs is 1. The van der Waals surface area contributed by atoms with Gasteiger partial charge < -0.3 is 0 Å². The van der Waals surface area contributed by atoms with Gasteiger partial charge in [-0.05, 0) is 25.0 Å². The van der Waals surface area contributed by atoms with Crippen LogP contribution in [0.4, 0.5) is 0 Å². The lowest BCUT2D eigenvalue weighted by Gasteiger charge is -2.15. The molecule has 5 nitrogen and oxygen atoms in total. The van der Waals surface area contributed by atoms with Gasteiger partial charge in [0.15, 0.2) is 9.84 Å². The fourth-order valence-electron chi connectivity index (χ4n) is 2.77. The molecule has 2 heterocycles. The van der Waals surface area contributed by atoms with E-state index in [9.17, 15) is 13.2 Å². The van der Waals surface area contributed by atoms with E-state index in [-0.39, 0.29) is 23.7 Å². The Balaban J connectivity index is 2.13. The third kappa shape index (κ3) is 2.58. The Bertz CT molecular complexity index is 845. The molecule has 0 saturated carbocycles. The first-order chi connectivity index (χ1) is 10.0. The molecule has 3 rings (SSSR count). The lowest BCUT2D eigenvalue weighted by Crippen LogP contribution is -2.32. The Hall–Kier alpha value is -1.40. The normalized spacial score (nSPS) is 20.9. The molecule has 1 saturated heterocycles. The summed E-state index contributed by atoms with van der Waals surface area (Å²) in [6, 6.07) is 7.02. The van der Waals surface area contributed by atoms with Gasteiger partial charge in [0.1, 0.15) is 5.82 Å². The van der Waals surface area contributed by atoms with Crippen molar-refractivity contribution in [2.45, 2.75) is 30.5 Å². The molecular weight excluding hydrogens is 312 g/mol. The van der Waals surface area contributed by atoms with E-state index in [1.54, 1.807) is 24.3 Å². The summed E-state index contributed by atoms with van der Waals surface area (Å²) in [5.41, 5.74) is 0.363. The maximum absolute atomic E-state index is 12.6. The standard InChI is InChI=1S/C14H15ClN2O3S/c15-8-13-16-12-6-2-1-5-11(12)14(18)17(13)9-10-4-3-7-21(10,19)20/h1-2,5-6,10H,3-4,7-9H2. The lowest BCUT2D eigenvalue weighted by molar-refractivity contribution is 0.551. The predicted molar refractivity (Wildman–Crippen MR) is 82.4 cm³/mol. The highest BCUT2D eigenvalue weighted by molar-refractivity contribution is 7.92. The minimum absolute atomic E-state index is 0.0762. The lowest BCUT2D eigenvalue weighted by atomic mass is 10.2. The smallest absolute Gasteiger partial charge is 0.261 e. The number of aromatic nitrogens is 2. The molecule has 1 aromatic heterocycles. The molecule has 0 bridgehead atoms. The number of alkyl halides is 1. The van der Waals surface area contributed by atoms with Crippen molar-refractivity contribution in [3.63, 3.8) is 0 Å². The zero-order valence-corrected chi connectivity index (χ0v) is 12.9. The molecule has 0 aliphatic carbocycles. The molecule has 7 heteroatoms. The van der Waals surface area contributed by atoms with Gasteiger partial charge in [0.2, 0.25) is 0 Å². The van der Waals surface area contributed by atoms with Crippen molar-refractivity contribution in [2.24, 2.45) is 0 Å². The van der Waals surface area contributed by atoms with Gasteiger partial charge in [0.05, 0.1) is 27.8 Å². The molecule has 21 heavy (non-hydrogen) atoms. The number of sulfone groups is 1. The Morgan fingerprint density at radius 2 is 2.10 bits per heavy atom. The number of para-hydroxylation sites is 1. The Morgan fingerprint density at radius 3 is 2.76 bits per heavy atom. The van der Waals surface area contributed by atoms with Crippen LogP contribution in [0.5, 0.6) is 0 Å². The van der Waals surface area contributed by atoms with Gasteiger partial charge in [-0.1, -0.05) is 12.1 Å². The SMILES string of the molecule is O=c1c2ccccc2nc(CCl)n1CC1CCCS1(=O)=O. The van der Waals surface area contributed by atoms with Crippen LogP contribution in [0.2, 0.25) is 0 Å². The van der Waals surface area contributed by atoms with Crippen LogP contribution < -0.4 is 5.56 Å². The largest absolute Gasteiger partial charge is 0.294 e. The van der Waals surface area contributed by atoms with E-state index < -0.39 is 15.1 Å². The van der Waals surface area contributed by atoms with Crippen molar-refractivity contribution in [2.75, 3.05) is 5.75 Å². The van der Waals surface area contributed by atoms with Gasteiger partial charge in [-0.15, -0.1) is 11.6 Å². The Morgan fingerprint density at radius 1 is 1.33 bits per heavy atom. The minimum Gasteiger partial charge on any atom is -0.294 e. The van der Waals surface area contributed by atoms with Gasteiger partial charge in [0, 0.05) is 6.54 Å². The van der Waals surface area contributed by atoms with Crippen LogP contribution in [-0.4, -0.2) is 29.0 Å². The van der Waals surface area contributed by atoms with Crippen molar-refractivity contribution in [1.82, 2.24) is 9.55 Å². The van der Waals surface area contributed by atoms with E-state index in [4.69, 9.17) is 11.6 Å². The maximum atomic E-state index is 12.6. The van der Waals surface area contributed by atoms with E-state index >= 15 is 0 Å². The summed E-state index contributed by atoms with van der Waals surface area (Å²) in [4.78, 5) is 17.0. The van der Waals surface area contributed by atoms with Gasteiger partial charge in [-0.25, -0.2) is 13.4 Å². The van der Waals surface area contributed by atoms with Crippen molar-refractivity contribution >= 4 is 32.3 Å². The number of hydrogen-bond donors (Lipinski definition) is 0. The summed E-state index contributed by atoms with van der Waals surface area (Å²) in [6.45, 7) is 0.140. The molecule has 112 valence electrons. The molecule has 1 aromatic carbocycles. The molecule has 1 fully saturated rings. The third-order valence-corrected chi connectivity index (χ3v) is 6.41. The van der Waals surface area contributed by atoms with Crippen LogP contribution in [0.25, 0.3) is 10.9 Å². The van der Waals surface area contributed by atoms with Crippen LogP contribution in [0.1, 0.15) is 18.7 Å². The van der Waals surface area contributed by atoms with Crippen molar-refractivity contribution in [3.05, 3.63) is 40.4 Å². The van der Waals surface area contributed by atoms with Crippen LogP contribution in [-0.2, 0) is 22.3 Å². The van der Waals surface area contributed by atoms with Gasteiger partial charge in [0.25, 0.3) is 5.56 Å². The summed E-state index contributed by atoms with van der Waals surface area (Å²) in [6.07, 6.45) is 1.24. The highest BCUT2D eigenvalue weighted by atomic mass is 35.5. The number of benzene rings is 1. The number of rotatable bonds is 3. The third-order valence-electron chi connectivity index (χ3n) is 3.91. The summed E-state index contributed by atoms with van der Waals surface area (Å²) in [7, 11) is -3.11. The van der Waals surface area contributed by atoms with Crippen molar-refractivity contribution in [3.8, 4) is 0 Å². The fraction of sp³-hybridized carbons (Fsp3) is 0.429. The van der Waals surface area contributed by atoms with E-state index in [0.29, 0.717) is 29.6 Å². The average Bonchev–Trinajstić information content (AvgIpc) is 2.80. The zero-order valence-electron chi connectivity index (χ0n) is 11.3. The molecule has 1 atom stereocenters. The van der Waals surface area contributed by atoms with Crippen molar-refractivity contribution < 1.29 is 8.42 Å². The quantitative estimate of drug-likeness (QED) is 0.805. The summed E-state index contributed by atoms with van der Waals surface area (Å²) in [5, 5.41) is -0.0260. The minimum atomic E-state index is -3.11. The van der Waals surface area contributed by atoms with Crippen LogP contribution in [0.3, 0.4) is 0 Å². The monoisotopic (exact) mass is 326 g/mol. The molecule has 0 amide bonds. The highest BCUT2D eigenvalue weighted by Gasteiger charge is 2.32. The van der Waals surface area contributed by atoms with E-state index in [2.05, 4.69) is 4.98 Å². The summed E-state index contributed by atoms with van der Waals surface area (Å²) < 4.78 is 25.4. The average molecular weight is 327 g/mol. The second-order valence-corrected chi connectivity index (χ2v) is 7.89. The summed E-state index contributed by atoms with van der Waals surface area (Å²) >= 11 is 5.89. The van der Waals surface area contributed by atoms with Crippen molar-refractivity contribution in [1.29, 1.82) is 0 Å². The first-order valence-corrected chi connectivity index (χ1v) is 9.04. The Kier molecular flexibility index (Phi) is 3.75. The second kappa shape index (κ2) is 5.42. The molecule has 1 unspecified atom stereocenters. The van der Waals surface area contributed by atoms with Crippen LogP contribution in [0, 0.1) is 0 Å². The highest BCUT2D eigenvalue weighted by Crippen LogP contribution is 2.22. The van der Waals surface area contributed by atoms with Crippen LogP contribution >= 0.6 is 11.6 Å². The molecule has 1 aliphatic rings. The fourth-order valence-corrected chi connectivity index (χ4v) is 4.78. The molecule has 1 aliphatic heterocycles. The molecule has 0 N–H and O–H groups in total. The number of nitrogens with zero attached hydrogens (tertiary/aromatic N) is 2. The zero-order chi connectivity index (χ0) is 15.0. The molecule has 0 spiro atoms. The first kappa shape index (κ1) is 14.5. The van der Waals surface area contributed by atoms with E-state index in [1.165, 1.54) is 4.57 Å². The molecular formula is C14H15ClN2O3S. The van der Waals surface area contributed by atoms with Gasteiger partial charge >= 0.3 is 0 Å². The van der Waals surface area contributed by atoms with E-state index in [0.717, 1.165) is 0 Å². The predicted octanol–water partition coefficient (Wildman–Crippen LogP) is 1.71. The second-order valence-electron chi connectivity index (χ2n) is 5.23. The van der Waals surface area contributed by atoms with Gasteiger partial charge in [-0.3, -0.25) is 9.36 Å². The molecule has 0 radical (unpaired) electrons. The Labute approximate surface area is 127 Å².